The van der Waals surface area contributed by atoms with E-state index in [1.165, 1.54) is 0 Å². The van der Waals surface area contributed by atoms with Crippen LogP contribution < -0.4 is 5.32 Å². The molecule has 2 heterocycles. The van der Waals surface area contributed by atoms with E-state index in [1.807, 2.05) is 48.5 Å². The van der Waals surface area contributed by atoms with Crippen LogP contribution in [0.5, 0.6) is 0 Å². The highest BCUT2D eigenvalue weighted by Gasteiger charge is 2.28. The molecule has 1 aromatic heterocycles. The van der Waals surface area contributed by atoms with E-state index in [1.54, 1.807) is 19.1 Å². The van der Waals surface area contributed by atoms with Crippen molar-refractivity contribution in [1.82, 2.24) is 4.98 Å². The van der Waals surface area contributed by atoms with E-state index in [4.69, 9.17) is 0 Å². The highest BCUT2D eigenvalue weighted by Crippen LogP contribution is 2.40. The van der Waals surface area contributed by atoms with E-state index in [2.05, 4.69) is 10.3 Å². The van der Waals surface area contributed by atoms with Crippen LogP contribution in [0.3, 0.4) is 0 Å². The van der Waals surface area contributed by atoms with Crippen molar-refractivity contribution in [3.8, 4) is 11.1 Å². The molecule has 0 bridgehead atoms. The zero-order valence-corrected chi connectivity index (χ0v) is 14.0. The molecule has 128 valence electrons. The highest BCUT2D eigenvalue weighted by molar-refractivity contribution is 6.36. The fourth-order valence-electron chi connectivity index (χ4n) is 3.29. The number of rotatable bonds is 3. The second-order valence-corrected chi connectivity index (χ2v) is 6.19. The first kappa shape index (κ1) is 15.9. The van der Waals surface area contributed by atoms with Gasteiger partial charge in [0.1, 0.15) is 0 Å². The molecule has 0 saturated carbocycles. The third-order valence-electron chi connectivity index (χ3n) is 4.41. The Labute approximate surface area is 150 Å². The quantitative estimate of drug-likeness (QED) is 0.623. The molecule has 0 unspecified atom stereocenters. The van der Waals surface area contributed by atoms with Gasteiger partial charge in [-0.1, -0.05) is 42.5 Å². The van der Waals surface area contributed by atoms with Gasteiger partial charge in [-0.25, -0.2) is 4.79 Å². The minimum absolute atomic E-state index is 0.147. The number of carboxylic acids is 1. The molecule has 3 aromatic rings. The summed E-state index contributed by atoms with van der Waals surface area (Å²) in [6.45, 7) is 1.78. The van der Waals surface area contributed by atoms with Gasteiger partial charge in [0.2, 0.25) is 0 Å². The molecule has 0 atom stereocenters. The lowest BCUT2D eigenvalue weighted by atomic mass is 9.94. The van der Waals surface area contributed by atoms with E-state index < -0.39 is 5.97 Å². The summed E-state index contributed by atoms with van der Waals surface area (Å²) in [5.41, 5.74) is 5.16. The molecule has 0 spiro atoms. The van der Waals surface area contributed by atoms with Crippen molar-refractivity contribution in [2.24, 2.45) is 0 Å². The molecule has 26 heavy (non-hydrogen) atoms. The summed E-state index contributed by atoms with van der Waals surface area (Å²) in [6.07, 6.45) is 1.62. The number of benzene rings is 2. The molecule has 1 aliphatic rings. The SMILES string of the molecule is Cc1cc(C(=O)O)c(/C=C2\C(=O)Nc3cccc(-c4ccccc4)c32)[nH]1. The largest absolute Gasteiger partial charge is 0.478 e. The molecule has 0 radical (unpaired) electrons. The summed E-state index contributed by atoms with van der Waals surface area (Å²) in [5, 5.41) is 12.3. The lowest BCUT2D eigenvalue weighted by Crippen LogP contribution is -2.04. The molecule has 0 saturated heterocycles. The van der Waals surface area contributed by atoms with Gasteiger partial charge >= 0.3 is 5.97 Å². The van der Waals surface area contributed by atoms with Crippen LogP contribution in [0.1, 0.15) is 27.3 Å². The van der Waals surface area contributed by atoms with Crippen LogP contribution in [0.15, 0.2) is 54.6 Å². The normalized spacial score (nSPS) is 14.3. The molecule has 5 heteroatoms. The van der Waals surface area contributed by atoms with E-state index in [9.17, 15) is 14.7 Å². The van der Waals surface area contributed by atoms with Crippen molar-refractivity contribution in [2.75, 3.05) is 5.32 Å². The number of anilines is 1. The van der Waals surface area contributed by atoms with Gasteiger partial charge in [0.05, 0.1) is 16.8 Å². The highest BCUT2D eigenvalue weighted by atomic mass is 16.4. The van der Waals surface area contributed by atoms with Gasteiger partial charge in [0, 0.05) is 16.9 Å². The zero-order valence-electron chi connectivity index (χ0n) is 14.0. The first-order valence-electron chi connectivity index (χ1n) is 8.19. The molecule has 2 aromatic carbocycles. The van der Waals surface area contributed by atoms with E-state index >= 15 is 0 Å². The molecule has 5 nitrogen and oxygen atoms in total. The molecule has 1 amide bonds. The summed E-state index contributed by atoms with van der Waals surface area (Å²) >= 11 is 0. The lowest BCUT2D eigenvalue weighted by Gasteiger charge is -2.08. The molecule has 0 fully saturated rings. The van der Waals surface area contributed by atoms with Crippen LogP contribution in [-0.2, 0) is 4.79 Å². The molecule has 1 aliphatic heterocycles. The number of nitrogens with one attached hydrogen (secondary N) is 2. The average Bonchev–Trinajstić information content (AvgIpc) is 3.16. The van der Waals surface area contributed by atoms with Crippen molar-refractivity contribution in [1.29, 1.82) is 0 Å². The van der Waals surface area contributed by atoms with Crippen LogP contribution in [0, 0.1) is 6.92 Å². The number of fused-ring (bicyclic) bond motifs is 1. The third-order valence-corrected chi connectivity index (χ3v) is 4.41. The van der Waals surface area contributed by atoms with Gasteiger partial charge in [-0.05, 0) is 36.3 Å². The maximum atomic E-state index is 12.6. The predicted octanol–water partition coefficient (Wildman–Crippen LogP) is 4.18. The number of carbonyl (C=O) groups excluding carboxylic acids is 1. The Hall–Kier alpha value is -3.60. The Morgan fingerprint density at radius 3 is 2.58 bits per heavy atom. The summed E-state index contributed by atoms with van der Waals surface area (Å²) < 4.78 is 0. The minimum Gasteiger partial charge on any atom is -0.478 e. The Bertz CT molecular complexity index is 1060. The maximum absolute atomic E-state index is 12.6. The third kappa shape index (κ3) is 2.59. The van der Waals surface area contributed by atoms with E-state index in [0.717, 1.165) is 28.1 Å². The number of aromatic nitrogens is 1. The summed E-state index contributed by atoms with van der Waals surface area (Å²) in [6, 6.07) is 17.1. The van der Waals surface area contributed by atoms with Gasteiger partial charge in [0.15, 0.2) is 0 Å². The summed E-state index contributed by atoms with van der Waals surface area (Å²) in [4.78, 5) is 27.1. The molecular formula is C21H16N2O3. The van der Waals surface area contributed by atoms with Crippen LogP contribution in [0.4, 0.5) is 5.69 Å². The predicted molar refractivity (Wildman–Crippen MR) is 101 cm³/mol. The van der Waals surface area contributed by atoms with E-state index in [-0.39, 0.29) is 11.5 Å². The number of H-pyrrole nitrogens is 1. The van der Waals surface area contributed by atoms with Crippen LogP contribution in [0.25, 0.3) is 22.8 Å². The maximum Gasteiger partial charge on any atom is 0.337 e. The monoisotopic (exact) mass is 344 g/mol. The summed E-state index contributed by atoms with van der Waals surface area (Å²) in [5.74, 6) is -1.27. The fourth-order valence-corrected chi connectivity index (χ4v) is 3.29. The Balaban J connectivity index is 1.92. The van der Waals surface area contributed by atoms with Gasteiger partial charge < -0.3 is 15.4 Å². The number of amides is 1. The summed E-state index contributed by atoms with van der Waals surface area (Å²) in [7, 11) is 0. The average molecular weight is 344 g/mol. The van der Waals surface area contributed by atoms with Crippen molar-refractivity contribution in [2.45, 2.75) is 6.92 Å². The van der Waals surface area contributed by atoms with Gasteiger partial charge in [0.25, 0.3) is 5.91 Å². The number of hydrogen-bond donors (Lipinski definition) is 3. The van der Waals surface area contributed by atoms with Crippen molar-refractivity contribution >= 4 is 29.2 Å². The Morgan fingerprint density at radius 1 is 1.08 bits per heavy atom. The second kappa shape index (κ2) is 6.04. The van der Waals surface area contributed by atoms with E-state index in [0.29, 0.717) is 11.3 Å². The van der Waals surface area contributed by atoms with Crippen LogP contribution in [-0.4, -0.2) is 22.0 Å². The molecular weight excluding hydrogens is 328 g/mol. The van der Waals surface area contributed by atoms with Crippen LogP contribution in [0.2, 0.25) is 0 Å². The van der Waals surface area contributed by atoms with Gasteiger partial charge in [-0.3, -0.25) is 4.79 Å². The first-order valence-corrected chi connectivity index (χ1v) is 8.19. The number of aryl methyl sites for hydroxylation is 1. The smallest absolute Gasteiger partial charge is 0.337 e. The van der Waals surface area contributed by atoms with Crippen molar-refractivity contribution in [3.05, 3.63) is 77.1 Å². The topological polar surface area (TPSA) is 82.2 Å². The Morgan fingerprint density at radius 2 is 1.85 bits per heavy atom. The van der Waals surface area contributed by atoms with Crippen molar-refractivity contribution < 1.29 is 14.7 Å². The number of carbonyl (C=O) groups is 2. The lowest BCUT2D eigenvalue weighted by molar-refractivity contribution is -0.110. The number of aromatic amines is 1. The van der Waals surface area contributed by atoms with Gasteiger partial charge in [-0.2, -0.15) is 0 Å². The minimum atomic E-state index is -1.03. The van der Waals surface area contributed by atoms with Crippen LogP contribution >= 0.6 is 0 Å². The molecule has 3 N–H and O–H groups in total. The number of carboxylic acid groups (broad SMARTS) is 1. The number of aromatic carboxylic acids is 1. The molecule has 0 aliphatic carbocycles. The first-order chi connectivity index (χ1) is 12.5. The van der Waals surface area contributed by atoms with Gasteiger partial charge in [-0.15, -0.1) is 0 Å². The molecule has 4 rings (SSSR count). The fraction of sp³-hybridized carbons (Fsp3) is 0.0476. The number of hydrogen-bond acceptors (Lipinski definition) is 2. The standard InChI is InChI=1S/C21H16N2O3/c1-12-10-15(21(25)26)18(22-12)11-16-19-14(13-6-3-2-4-7-13)8-5-9-17(19)23-20(16)24/h2-11,22H,1H3,(H,23,24)(H,25,26)/b16-11-. The zero-order chi connectivity index (χ0) is 18.3. The van der Waals surface area contributed by atoms with Crippen molar-refractivity contribution in [3.63, 3.8) is 0 Å². The Kier molecular flexibility index (Phi) is 3.69. The second-order valence-electron chi connectivity index (χ2n) is 6.19.